The second kappa shape index (κ2) is 4.81. The third-order valence-corrected chi connectivity index (χ3v) is 7.10. The van der Waals surface area contributed by atoms with Gasteiger partial charge >= 0.3 is 5.97 Å². The summed E-state index contributed by atoms with van der Waals surface area (Å²) in [5, 5.41) is 9.55. The Labute approximate surface area is 130 Å². The fourth-order valence-corrected chi connectivity index (χ4v) is 6.16. The lowest BCUT2D eigenvalue weighted by Gasteiger charge is -2.63. The van der Waals surface area contributed by atoms with Crippen LogP contribution in [0.15, 0.2) is 24.3 Å². The number of carbonyl (C=O) groups is 1. The number of aliphatic carboxylic acids is 1. The van der Waals surface area contributed by atoms with Crippen molar-refractivity contribution >= 4 is 5.97 Å². The maximum absolute atomic E-state index is 13.8. The molecule has 0 amide bonds. The molecule has 118 valence electrons. The molecule has 22 heavy (non-hydrogen) atoms. The topological polar surface area (TPSA) is 37.3 Å². The van der Waals surface area contributed by atoms with Gasteiger partial charge in [-0.2, -0.15) is 0 Å². The van der Waals surface area contributed by atoms with Gasteiger partial charge in [0.1, 0.15) is 5.82 Å². The van der Waals surface area contributed by atoms with E-state index in [-0.39, 0.29) is 17.7 Å². The predicted octanol–water partition coefficient (Wildman–Crippen LogP) is 4.24. The lowest BCUT2D eigenvalue weighted by Crippen LogP contribution is -2.58. The Bertz CT molecular complexity index is 579. The molecule has 0 saturated heterocycles. The number of carboxylic acids is 1. The molecule has 0 atom stereocenters. The van der Waals surface area contributed by atoms with Crippen LogP contribution in [0, 0.1) is 35.4 Å². The van der Waals surface area contributed by atoms with E-state index in [0.29, 0.717) is 11.8 Å². The van der Waals surface area contributed by atoms with Gasteiger partial charge in [-0.1, -0.05) is 19.1 Å². The molecule has 4 aliphatic rings. The van der Waals surface area contributed by atoms with Crippen molar-refractivity contribution in [2.75, 3.05) is 0 Å². The van der Waals surface area contributed by atoms with Crippen LogP contribution in [0.4, 0.5) is 4.39 Å². The highest BCUT2D eigenvalue weighted by atomic mass is 19.1. The molecule has 0 aliphatic heterocycles. The minimum Gasteiger partial charge on any atom is -0.481 e. The Morgan fingerprint density at radius 3 is 2.32 bits per heavy atom. The van der Waals surface area contributed by atoms with Crippen molar-refractivity contribution in [2.45, 2.75) is 44.4 Å². The van der Waals surface area contributed by atoms with E-state index in [1.54, 1.807) is 12.1 Å². The molecular formula is C19H23FO2. The molecule has 3 heteroatoms. The quantitative estimate of drug-likeness (QED) is 0.906. The average Bonchev–Trinajstić information content (AvgIpc) is 2.44. The molecule has 1 N–H and O–H groups in total. The lowest BCUT2D eigenvalue weighted by atomic mass is 9.41. The van der Waals surface area contributed by atoms with Gasteiger partial charge in [-0.25, -0.2) is 4.39 Å². The Morgan fingerprint density at radius 1 is 1.23 bits per heavy atom. The monoisotopic (exact) mass is 302 g/mol. The van der Waals surface area contributed by atoms with Crippen LogP contribution in [0.5, 0.6) is 0 Å². The summed E-state index contributed by atoms with van der Waals surface area (Å²) < 4.78 is 13.8. The van der Waals surface area contributed by atoms with Crippen LogP contribution in [-0.2, 0) is 10.2 Å². The van der Waals surface area contributed by atoms with Crippen molar-refractivity contribution in [2.24, 2.45) is 29.6 Å². The Morgan fingerprint density at radius 2 is 1.82 bits per heavy atom. The Balaban J connectivity index is 1.81. The van der Waals surface area contributed by atoms with Crippen LogP contribution < -0.4 is 0 Å². The van der Waals surface area contributed by atoms with Crippen LogP contribution >= 0.6 is 0 Å². The Hall–Kier alpha value is -1.38. The average molecular weight is 302 g/mol. The van der Waals surface area contributed by atoms with Crippen LogP contribution in [0.3, 0.4) is 0 Å². The Kier molecular flexibility index (Phi) is 3.11. The number of rotatable bonds is 3. The van der Waals surface area contributed by atoms with Crippen molar-refractivity contribution in [1.82, 2.24) is 0 Å². The number of halogens is 1. The van der Waals surface area contributed by atoms with Crippen LogP contribution in [0.1, 0.15) is 44.6 Å². The van der Waals surface area contributed by atoms with E-state index in [1.807, 2.05) is 6.07 Å². The molecule has 1 aromatic rings. The predicted molar refractivity (Wildman–Crippen MR) is 81.9 cm³/mol. The zero-order valence-electron chi connectivity index (χ0n) is 13.0. The van der Waals surface area contributed by atoms with Crippen LogP contribution in [0.25, 0.3) is 0 Å². The lowest BCUT2D eigenvalue weighted by molar-refractivity contribution is -0.147. The normalized spacial score (nSPS) is 42.5. The fourth-order valence-electron chi connectivity index (χ4n) is 6.16. The van der Waals surface area contributed by atoms with E-state index >= 15 is 0 Å². The summed E-state index contributed by atoms with van der Waals surface area (Å²) >= 11 is 0. The third-order valence-electron chi connectivity index (χ3n) is 7.10. The third kappa shape index (κ3) is 1.87. The van der Waals surface area contributed by atoms with E-state index < -0.39 is 5.97 Å². The van der Waals surface area contributed by atoms with Gasteiger partial charge in [0, 0.05) is 5.41 Å². The first-order valence-corrected chi connectivity index (χ1v) is 8.48. The fraction of sp³-hybridized carbons (Fsp3) is 0.632. The first-order chi connectivity index (χ1) is 10.5. The van der Waals surface area contributed by atoms with E-state index in [1.165, 1.54) is 6.07 Å². The zero-order valence-corrected chi connectivity index (χ0v) is 13.0. The maximum atomic E-state index is 13.8. The van der Waals surface area contributed by atoms with Crippen molar-refractivity contribution in [1.29, 1.82) is 0 Å². The second-order valence-electron chi connectivity index (χ2n) is 7.84. The zero-order chi connectivity index (χ0) is 15.5. The minimum absolute atomic E-state index is 0.152. The minimum atomic E-state index is -0.746. The first kappa shape index (κ1) is 14.2. The molecule has 5 rings (SSSR count). The molecule has 4 bridgehead atoms. The van der Waals surface area contributed by atoms with Crippen LogP contribution in [-0.4, -0.2) is 11.1 Å². The van der Waals surface area contributed by atoms with Crippen molar-refractivity contribution in [3.8, 4) is 0 Å². The van der Waals surface area contributed by atoms with Gasteiger partial charge in [-0.15, -0.1) is 0 Å². The van der Waals surface area contributed by atoms with Gasteiger partial charge < -0.3 is 5.11 Å². The molecule has 0 radical (unpaired) electrons. The van der Waals surface area contributed by atoms with Gasteiger partial charge in [-0.05, 0) is 73.0 Å². The highest BCUT2D eigenvalue weighted by molar-refractivity contribution is 5.69. The van der Waals surface area contributed by atoms with E-state index in [2.05, 4.69) is 6.92 Å². The molecule has 2 nitrogen and oxygen atoms in total. The highest BCUT2D eigenvalue weighted by Crippen LogP contribution is 2.65. The molecule has 0 unspecified atom stereocenters. The van der Waals surface area contributed by atoms with Gasteiger partial charge in [0.15, 0.2) is 0 Å². The van der Waals surface area contributed by atoms with Crippen LogP contribution in [0.2, 0.25) is 0 Å². The number of hydrogen-bond donors (Lipinski definition) is 1. The summed E-state index contributed by atoms with van der Waals surface area (Å²) in [4.78, 5) is 11.6. The van der Waals surface area contributed by atoms with Gasteiger partial charge in [0.2, 0.25) is 0 Å². The molecule has 0 spiro atoms. The molecule has 1 aromatic carbocycles. The standard InChI is InChI=1S/C19H23FO2/c1-11-12-5-15-7-13(11)8-16(6-12)19(15,10-18(21)22)14-3-2-4-17(20)9-14/h2-4,9,11-13,15-16H,5-8,10H2,1H3,(H,21,22). The summed E-state index contributed by atoms with van der Waals surface area (Å²) in [6.07, 6.45) is 4.64. The van der Waals surface area contributed by atoms with Gasteiger partial charge in [-0.3, -0.25) is 4.79 Å². The first-order valence-electron chi connectivity index (χ1n) is 8.48. The SMILES string of the molecule is CC1C2CC3CC1CC(C2)C3(CC(=O)O)c1cccc(F)c1. The highest BCUT2D eigenvalue weighted by Gasteiger charge is 2.60. The molecular weight excluding hydrogens is 279 g/mol. The van der Waals surface area contributed by atoms with Crippen molar-refractivity contribution < 1.29 is 14.3 Å². The number of carboxylic acid groups (broad SMARTS) is 1. The number of benzene rings is 1. The van der Waals surface area contributed by atoms with Gasteiger partial charge in [0.05, 0.1) is 6.42 Å². The van der Waals surface area contributed by atoms with E-state index in [0.717, 1.165) is 49.0 Å². The summed E-state index contributed by atoms with van der Waals surface area (Å²) in [6, 6.07) is 6.74. The molecule has 4 fully saturated rings. The smallest absolute Gasteiger partial charge is 0.304 e. The van der Waals surface area contributed by atoms with Crippen molar-refractivity contribution in [3.63, 3.8) is 0 Å². The summed E-state index contributed by atoms with van der Waals surface area (Å²) in [7, 11) is 0. The molecule has 4 saturated carbocycles. The maximum Gasteiger partial charge on any atom is 0.304 e. The summed E-state index contributed by atoms with van der Waals surface area (Å²) in [5.41, 5.74) is 0.581. The largest absolute Gasteiger partial charge is 0.481 e. The number of hydrogen-bond acceptors (Lipinski definition) is 1. The molecule has 4 aliphatic carbocycles. The molecule has 0 aromatic heterocycles. The van der Waals surface area contributed by atoms with Gasteiger partial charge in [0.25, 0.3) is 0 Å². The summed E-state index contributed by atoms with van der Waals surface area (Å²) in [6.45, 7) is 2.37. The summed E-state index contributed by atoms with van der Waals surface area (Å²) in [5.74, 6) is 2.10. The van der Waals surface area contributed by atoms with Crippen molar-refractivity contribution in [3.05, 3.63) is 35.6 Å². The second-order valence-corrected chi connectivity index (χ2v) is 7.84. The van der Waals surface area contributed by atoms with E-state index in [9.17, 15) is 14.3 Å². The molecule has 0 heterocycles. The van der Waals surface area contributed by atoms with E-state index in [4.69, 9.17) is 0 Å².